The summed E-state index contributed by atoms with van der Waals surface area (Å²) < 4.78 is 11.2. The molecule has 110 valence electrons. The second-order valence-electron chi connectivity index (χ2n) is 5.13. The van der Waals surface area contributed by atoms with Gasteiger partial charge in [0.15, 0.2) is 11.5 Å². The third-order valence-corrected chi connectivity index (χ3v) is 3.78. The van der Waals surface area contributed by atoms with E-state index in [0.29, 0.717) is 18.9 Å². The minimum Gasteiger partial charge on any atom is -0.486 e. The monoisotopic (exact) mass is 284 g/mol. The number of hydrogen-bond donors (Lipinski definition) is 1. The lowest BCUT2D eigenvalue weighted by atomic mass is 10.1. The predicted octanol–water partition coefficient (Wildman–Crippen LogP) is 3.37. The highest BCUT2D eigenvalue weighted by Gasteiger charge is 2.17. The second kappa shape index (κ2) is 5.56. The third-order valence-electron chi connectivity index (χ3n) is 3.78. The average Bonchev–Trinajstić information content (AvgIpc) is 2.53. The molecule has 0 aromatic heterocycles. The molecule has 0 fully saturated rings. The van der Waals surface area contributed by atoms with E-state index in [1.165, 1.54) is 5.56 Å². The number of anilines is 3. The van der Waals surface area contributed by atoms with Crippen LogP contribution in [0.2, 0.25) is 0 Å². The van der Waals surface area contributed by atoms with E-state index < -0.39 is 0 Å². The standard InChI is InChI=1S/C17H20N2O2/c1-3-12-4-6-13(7-5-12)19(2)15-11-17-16(10-14(15)18)20-8-9-21-17/h4-7,10-11H,3,8-9,18H2,1-2H3. The van der Waals surface area contributed by atoms with E-state index in [-0.39, 0.29) is 0 Å². The van der Waals surface area contributed by atoms with E-state index >= 15 is 0 Å². The summed E-state index contributed by atoms with van der Waals surface area (Å²) in [5, 5.41) is 0. The van der Waals surface area contributed by atoms with Gasteiger partial charge in [-0.2, -0.15) is 0 Å². The number of nitrogen functional groups attached to an aromatic ring is 1. The van der Waals surface area contributed by atoms with Crippen LogP contribution < -0.4 is 20.1 Å². The van der Waals surface area contributed by atoms with Crippen molar-refractivity contribution >= 4 is 17.1 Å². The van der Waals surface area contributed by atoms with Gasteiger partial charge in [-0.3, -0.25) is 0 Å². The Morgan fingerprint density at radius 1 is 1.05 bits per heavy atom. The predicted molar refractivity (Wildman–Crippen MR) is 85.7 cm³/mol. The van der Waals surface area contributed by atoms with Crippen LogP contribution in [-0.4, -0.2) is 20.3 Å². The molecule has 0 bridgehead atoms. The van der Waals surface area contributed by atoms with Gasteiger partial charge < -0.3 is 20.1 Å². The topological polar surface area (TPSA) is 47.7 Å². The first-order chi connectivity index (χ1) is 10.2. The first kappa shape index (κ1) is 13.6. The van der Waals surface area contributed by atoms with Crippen molar-refractivity contribution in [3.8, 4) is 11.5 Å². The van der Waals surface area contributed by atoms with Crippen molar-refractivity contribution < 1.29 is 9.47 Å². The molecule has 0 spiro atoms. The molecule has 2 N–H and O–H groups in total. The van der Waals surface area contributed by atoms with Crippen LogP contribution in [0, 0.1) is 0 Å². The Morgan fingerprint density at radius 2 is 1.67 bits per heavy atom. The number of hydrogen-bond acceptors (Lipinski definition) is 4. The van der Waals surface area contributed by atoms with Crippen molar-refractivity contribution in [3.63, 3.8) is 0 Å². The zero-order chi connectivity index (χ0) is 14.8. The number of aryl methyl sites for hydroxylation is 1. The number of nitrogens with two attached hydrogens (primary N) is 1. The van der Waals surface area contributed by atoms with E-state index in [0.717, 1.165) is 29.3 Å². The summed E-state index contributed by atoms with van der Waals surface area (Å²) in [5.41, 5.74) is 10.2. The molecule has 4 nitrogen and oxygen atoms in total. The number of fused-ring (bicyclic) bond motifs is 1. The smallest absolute Gasteiger partial charge is 0.163 e. The summed E-state index contributed by atoms with van der Waals surface area (Å²) in [6.07, 6.45) is 1.04. The molecule has 2 aromatic carbocycles. The maximum absolute atomic E-state index is 6.16. The molecular weight excluding hydrogens is 264 g/mol. The molecule has 0 unspecified atom stereocenters. The van der Waals surface area contributed by atoms with Crippen molar-refractivity contribution in [2.24, 2.45) is 0 Å². The molecule has 0 saturated heterocycles. The minimum absolute atomic E-state index is 0.570. The summed E-state index contributed by atoms with van der Waals surface area (Å²) >= 11 is 0. The van der Waals surface area contributed by atoms with Crippen LogP contribution >= 0.6 is 0 Å². The van der Waals surface area contributed by atoms with Gasteiger partial charge in [0.1, 0.15) is 13.2 Å². The number of nitrogens with zero attached hydrogens (tertiary/aromatic N) is 1. The van der Waals surface area contributed by atoms with Gasteiger partial charge in [-0.15, -0.1) is 0 Å². The van der Waals surface area contributed by atoms with Gasteiger partial charge in [-0.05, 0) is 24.1 Å². The van der Waals surface area contributed by atoms with Crippen LogP contribution in [0.25, 0.3) is 0 Å². The van der Waals surface area contributed by atoms with Crippen LogP contribution in [-0.2, 0) is 6.42 Å². The summed E-state index contributed by atoms with van der Waals surface area (Å²) in [6.45, 7) is 3.29. The summed E-state index contributed by atoms with van der Waals surface area (Å²) in [4.78, 5) is 2.06. The average molecular weight is 284 g/mol. The van der Waals surface area contributed by atoms with Gasteiger partial charge in [-0.25, -0.2) is 0 Å². The van der Waals surface area contributed by atoms with Crippen molar-refractivity contribution in [1.29, 1.82) is 0 Å². The fraction of sp³-hybridized carbons (Fsp3) is 0.294. The van der Waals surface area contributed by atoms with Gasteiger partial charge >= 0.3 is 0 Å². The zero-order valence-electron chi connectivity index (χ0n) is 12.4. The molecule has 0 saturated carbocycles. The van der Waals surface area contributed by atoms with E-state index in [9.17, 15) is 0 Å². The minimum atomic E-state index is 0.570. The Morgan fingerprint density at radius 3 is 2.29 bits per heavy atom. The Hall–Kier alpha value is -2.36. The molecule has 1 heterocycles. The molecular formula is C17H20N2O2. The normalized spacial score (nSPS) is 13.0. The van der Waals surface area contributed by atoms with E-state index in [1.54, 1.807) is 0 Å². The zero-order valence-corrected chi connectivity index (χ0v) is 12.4. The van der Waals surface area contributed by atoms with E-state index in [1.807, 2.05) is 19.2 Å². The third kappa shape index (κ3) is 2.61. The molecule has 4 heteroatoms. The molecule has 0 atom stereocenters. The Balaban J connectivity index is 1.94. The summed E-state index contributed by atoms with van der Waals surface area (Å²) in [5.74, 6) is 1.47. The van der Waals surface area contributed by atoms with Gasteiger partial charge in [0.25, 0.3) is 0 Å². The number of benzene rings is 2. The van der Waals surface area contributed by atoms with Gasteiger partial charge in [0.2, 0.25) is 0 Å². The Labute approximate surface area is 125 Å². The molecule has 21 heavy (non-hydrogen) atoms. The highest BCUT2D eigenvalue weighted by atomic mass is 16.6. The van der Waals surface area contributed by atoms with Crippen LogP contribution in [0.15, 0.2) is 36.4 Å². The fourth-order valence-corrected chi connectivity index (χ4v) is 2.48. The first-order valence-corrected chi connectivity index (χ1v) is 7.21. The van der Waals surface area contributed by atoms with Crippen molar-refractivity contribution in [3.05, 3.63) is 42.0 Å². The molecule has 0 aliphatic carbocycles. The molecule has 1 aliphatic rings. The Bertz CT molecular complexity index is 638. The molecule has 0 amide bonds. The number of ether oxygens (including phenoxy) is 2. The van der Waals surface area contributed by atoms with E-state index in [2.05, 4.69) is 36.1 Å². The van der Waals surface area contributed by atoms with Crippen molar-refractivity contribution in [2.45, 2.75) is 13.3 Å². The SMILES string of the molecule is CCc1ccc(N(C)c2cc3c(cc2N)OCCO3)cc1. The number of rotatable bonds is 3. The molecule has 1 aliphatic heterocycles. The van der Waals surface area contributed by atoms with Gasteiger partial charge in [0, 0.05) is 24.9 Å². The highest BCUT2D eigenvalue weighted by Crippen LogP contribution is 2.40. The fourth-order valence-electron chi connectivity index (χ4n) is 2.48. The van der Waals surface area contributed by atoms with Crippen molar-refractivity contribution in [2.75, 3.05) is 30.9 Å². The molecule has 3 rings (SSSR count). The van der Waals surface area contributed by atoms with Gasteiger partial charge in [-0.1, -0.05) is 19.1 Å². The maximum atomic E-state index is 6.16. The van der Waals surface area contributed by atoms with Crippen LogP contribution in [0.5, 0.6) is 11.5 Å². The lowest BCUT2D eigenvalue weighted by Gasteiger charge is -2.25. The summed E-state index contributed by atoms with van der Waals surface area (Å²) in [7, 11) is 2.00. The molecule has 2 aromatic rings. The summed E-state index contributed by atoms with van der Waals surface area (Å²) in [6, 6.07) is 12.3. The lowest BCUT2D eigenvalue weighted by molar-refractivity contribution is 0.172. The quantitative estimate of drug-likeness (QED) is 0.878. The van der Waals surface area contributed by atoms with Crippen LogP contribution in [0.1, 0.15) is 12.5 Å². The van der Waals surface area contributed by atoms with Gasteiger partial charge in [0.05, 0.1) is 11.4 Å². The molecule has 0 radical (unpaired) electrons. The largest absolute Gasteiger partial charge is 0.486 e. The Kier molecular flexibility index (Phi) is 3.60. The lowest BCUT2D eigenvalue weighted by Crippen LogP contribution is -2.17. The first-order valence-electron chi connectivity index (χ1n) is 7.21. The maximum Gasteiger partial charge on any atom is 0.163 e. The van der Waals surface area contributed by atoms with Crippen LogP contribution in [0.3, 0.4) is 0 Å². The van der Waals surface area contributed by atoms with E-state index in [4.69, 9.17) is 15.2 Å². The highest BCUT2D eigenvalue weighted by molar-refractivity contribution is 5.78. The van der Waals surface area contributed by atoms with Crippen LogP contribution in [0.4, 0.5) is 17.1 Å². The second-order valence-corrected chi connectivity index (χ2v) is 5.13. The van der Waals surface area contributed by atoms with Crippen molar-refractivity contribution in [1.82, 2.24) is 0 Å².